The van der Waals surface area contributed by atoms with E-state index in [0.29, 0.717) is 22.9 Å². The first-order valence-corrected chi connectivity index (χ1v) is 21.4. The van der Waals surface area contributed by atoms with Gasteiger partial charge in [0.15, 0.2) is 23.3 Å². The van der Waals surface area contributed by atoms with E-state index in [2.05, 4.69) is 140 Å². The van der Waals surface area contributed by atoms with Crippen molar-refractivity contribution in [2.24, 2.45) is 5.92 Å². The summed E-state index contributed by atoms with van der Waals surface area (Å²) in [5.41, 5.74) is 14.1. The van der Waals surface area contributed by atoms with E-state index in [0.717, 1.165) is 78.8 Å². The molecule has 9 aromatic rings. The monoisotopic (exact) mass is 785 g/mol. The maximum absolute atomic E-state index is 5.12. The largest absolute Gasteiger partial charge is 0.228 e. The molecular weight excluding hydrogens is 743 g/mol. The molecule has 7 aromatic carbocycles. The first-order valence-electron chi connectivity index (χ1n) is 21.4. The van der Waals surface area contributed by atoms with Gasteiger partial charge < -0.3 is 0 Å². The predicted octanol–water partition coefficient (Wildman–Crippen LogP) is 13.8. The topological polar surface area (TPSA) is 64.5 Å². The molecule has 0 aliphatic heterocycles. The first-order chi connectivity index (χ1) is 30.1. The third-order valence-corrected chi connectivity index (χ3v) is 12.8. The van der Waals surface area contributed by atoms with Crippen molar-refractivity contribution >= 4 is 0 Å². The molecule has 0 spiro atoms. The zero-order valence-electron chi connectivity index (χ0n) is 33.8. The number of nitrogens with zero attached hydrogens (tertiary/aromatic N) is 5. The summed E-state index contributed by atoms with van der Waals surface area (Å²) in [4.78, 5) is 25.4. The van der Waals surface area contributed by atoms with Gasteiger partial charge in [0.1, 0.15) is 0 Å². The molecule has 2 heterocycles. The van der Waals surface area contributed by atoms with Gasteiger partial charge in [0.2, 0.25) is 0 Å². The summed E-state index contributed by atoms with van der Waals surface area (Å²) in [5.74, 6) is 3.53. The lowest BCUT2D eigenvalue weighted by molar-refractivity contribution is 0.419. The summed E-state index contributed by atoms with van der Waals surface area (Å²) in [5, 5.41) is 0. The normalized spacial score (nSPS) is 16.8. The third kappa shape index (κ3) is 7.33. The van der Waals surface area contributed by atoms with Crippen LogP contribution in [0.2, 0.25) is 0 Å². The van der Waals surface area contributed by atoms with Crippen LogP contribution in [0.5, 0.6) is 0 Å². The fourth-order valence-corrected chi connectivity index (χ4v) is 9.54. The van der Waals surface area contributed by atoms with Crippen LogP contribution in [0.25, 0.3) is 90.3 Å². The Balaban J connectivity index is 0.927. The van der Waals surface area contributed by atoms with Crippen molar-refractivity contribution in [3.63, 3.8) is 0 Å². The molecule has 0 saturated heterocycles. The van der Waals surface area contributed by atoms with Crippen molar-refractivity contribution in [2.45, 2.75) is 37.5 Å². The number of hydrogen-bond acceptors (Lipinski definition) is 5. The molecule has 2 aromatic heterocycles. The summed E-state index contributed by atoms with van der Waals surface area (Å²) in [6.07, 6.45) is 6.75. The highest BCUT2D eigenvalue weighted by Gasteiger charge is 2.45. The van der Waals surface area contributed by atoms with E-state index in [-0.39, 0.29) is 0 Å². The Morgan fingerprint density at radius 1 is 0.311 bits per heavy atom. The molecule has 5 heteroatoms. The van der Waals surface area contributed by atoms with Crippen molar-refractivity contribution in [2.75, 3.05) is 0 Å². The van der Waals surface area contributed by atoms with E-state index < -0.39 is 0 Å². The van der Waals surface area contributed by atoms with Gasteiger partial charge in [-0.2, -0.15) is 0 Å². The third-order valence-electron chi connectivity index (χ3n) is 12.8. The highest BCUT2D eigenvalue weighted by Crippen LogP contribution is 2.55. The van der Waals surface area contributed by atoms with Crippen LogP contribution in [0, 0.1) is 5.92 Å². The molecule has 5 nitrogen and oxygen atoms in total. The molecule has 2 saturated carbocycles. The van der Waals surface area contributed by atoms with Gasteiger partial charge in [0, 0.05) is 33.4 Å². The summed E-state index contributed by atoms with van der Waals surface area (Å²) >= 11 is 0. The summed E-state index contributed by atoms with van der Waals surface area (Å²) in [6, 6.07) is 67.7. The molecule has 292 valence electrons. The Morgan fingerprint density at radius 3 is 1.16 bits per heavy atom. The number of aromatic nitrogens is 5. The molecule has 11 rings (SSSR count). The average Bonchev–Trinajstić information content (AvgIpc) is 3.98. The van der Waals surface area contributed by atoms with E-state index in [1.165, 1.54) is 37.7 Å². The number of hydrogen-bond donors (Lipinski definition) is 0. The van der Waals surface area contributed by atoms with Crippen LogP contribution in [-0.4, -0.2) is 24.9 Å². The molecule has 0 radical (unpaired) electrons. The Labute approximate surface area is 357 Å². The second-order valence-corrected chi connectivity index (χ2v) is 16.6. The van der Waals surface area contributed by atoms with Crippen molar-refractivity contribution in [3.8, 4) is 90.3 Å². The van der Waals surface area contributed by atoms with Crippen molar-refractivity contribution in [1.29, 1.82) is 0 Å². The van der Waals surface area contributed by atoms with Crippen LogP contribution in [0.3, 0.4) is 0 Å². The zero-order chi connectivity index (χ0) is 40.6. The van der Waals surface area contributed by atoms with Crippen LogP contribution < -0.4 is 0 Å². The fourth-order valence-electron chi connectivity index (χ4n) is 9.54. The van der Waals surface area contributed by atoms with E-state index in [4.69, 9.17) is 24.9 Å². The number of rotatable bonds is 9. The Kier molecular flexibility index (Phi) is 9.42. The minimum absolute atomic E-state index is 0.380. The molecule has 0 amide bonds. The molecule has 2 fully saturated rings. The van der Waals surface area contributed by atoms with Crippen LogP contribution >= 0.6 is 0 Å². The van der Waals surface area contributed by atoms with Gasteiger partial charge in [0.25, 0.3) is 0 Å². The molecule has 0 N–H and O–H groups in total. The number of benzene rings is 7. The Hall–Kier alpha value is -7.37. The highest BCUT2D eigenvalue weighted by molar-refractivity contribution is 5.77. The van der Waals surface area contributed by atoms with Gasteiger partial charge in [-0.05, 0) is 89.5 Å². The van der Waals surface area contributed by atoms with E-state index >= 15 is 0 Å². The summed E-state index contributed by atoms with van der Waals surface area (Å²) in [7, 11) is 0. The molecule has 2 aliphatic carbocycles. The van der Waals surface area contributed by atoms with Crippen LogP contribution in [0.15, 0.2) is 194 Å². The molecule has 0 unspecified atom stereocenters. The minimum Gasteiger partial charge on any atom is -0.228 e. The van der Waals surface area contributed by atoms with Gasteiger partial charge in [0.05, 0.1) is 11.4 Å². The van der Waals surface area contributed by atoms with E-state index in [1.54, 1.807) is 0 Å². The van der Waals surface area contributed by atoms with Crippen molar-refractivity contribution in [1.82, 2.24) is 24.9 Å². The van der Waals surface area contributed by atoms with Gasteiger partial charge in [-0.1, -0.05) is 176 Å². The van der Waals surface area contributed by atoms with Crippen molar-refractivity contribution in [3.05, 3.63) is 200 Å². The maximum atomic E-state index is 5.12. The van der Waals surface area contributed by atoms with Crippen LogP contribution in [-0.2, 0) is 5.41 Å². The predicted molar refractivity (Wildman–Crippen MR) is 247 cm³/mol. The highest BCUT2D eigenvalue weighted by atomic mass is 15.0. The summed E-state index contributed by atoms with van der Waals surface area (Å²) < 4.78 is 0. The van der Waals surface area contributed by atoms with Gasteiger partial charge in [-0.3, -0.25) is 0 Å². The van der Waals surface area contributed by atoms with Gasteiger partial charge >= 0.3 is 0 Å². The Morgan fingerprint density at radius 2 is 0.689 bits per heavy atom. The fraction of sp³-hybridized carbons (Fsp3) is 0.125. The maximum Gasteiger partial charge on any atom is 0.164 e. The van der Waals surface area contributed by atoms with Gasteiger partial charge in [-0.15, -0.1) is 0 Å². The van der Waals surface area contributed by atoms with Gasteiger partial charge in [-0.25, -0.2) is 24.9 Å². The smallest absolute Gasteiger partial charge is 0.164 e. The zero-order valence-corrected chi connectivity index (χ0v) is 33.8. The first kappa shape index (κ1) is 36.7. The molecular formula is C56H43N5. The lowest BCUT2D eigenvalue weighted by Crippen LogP contribution is -2.19. The van der Waals surface area contributed by atoms with E-state index in [9.17, 15) is 0 Å². The van der Waals surface area contributed by atoms with Crippen molar-refractivity contribution < 1.29 is 0 Å². The second kappa shape index (κ2) is 15.7. The molecule has 0 atom stereocenters. The second-order valence-electron chi connectivity index (χ2n) is 16.6. The average molecular weight is 786 g/mol. The number of fused-ring (bicyclic) bond motifs is 2. The standard InChI is InChI=1S/C56H43N5/c1-4-12-39(13-5-1)45-18-10-20-47(34-45)54-59-53(44-16-8-3-9-17-44)60-55(61-54)48-21-11-19-46(35-48)40-22-24-41(25-23-40)50-36-51(58-52(57-50)43-14-6-2-7-15-43)42-26-28-49(29-27-42)56-32-30-38(37-56)31-33-56/h1-29,34-36,38H,30-33,37H2. The lowest BCUT2D eigenvalue weighted by atomic mass is 9.77. The van der Waals surface area contributed by atoms with E-state index in [1.807, 2.05) is 54.6 Å². The molecule has 2 bridgehead atoms. The van der Waals surface area contributed by atoms with Crippen LogP contribution in [0.4, 0.5) is 0 Å². The minimum atomic E-state index is 0.380. The summed E-state index contributed by atoms with van der Waals surface area (Å²) in [6.45, 7) is 0. The lowest BCUT2D eigenvalue weighted by Gasteiger charge is -2.27. The Bertz CT molecular complexity index is 2970. The quantitative estimate of drug-likeness (QED) is 0.146. The molecule has 2 aliphatic rings. The van der Waals surface area contributed by atoms with Crippen LogP contribution in [0.1, 0.15) is 37.7 Å². The molecule has 61 heavy (non-hydrogen) atoms. The SMILES string of the molecule is c1ccc(-c2cccc(-c3nc(-c4ccccc4)nc(-c4cccc(-c5ccc(-c6cc(-c7ccc(C89CCC(CC8)C9)cc7)nc(-c7ccccc7)n6)cc5)c4)n3)c2)cc1.